The van der Waals surface area contributed by atoms with Crippen LogP contribution in [0.2, 0.25) is 0 Å². The quantitative estimate of drug-likeness (QED) is 0.804. The van der Waals surface area contributed by atoms with E-state index in [2.05, 4.69) is 24.4 Å². The summed E-state index contributed by atoms with van der Waals surface area (Å²) in [4.78, 5) is 24.0. The van der Waals surface area contributed by atoms with Crippen molar-refractivity contribution in [3.05, 3.63) is 35.9 Å². The van der Waals surface area contributed by atoms with E-state index in [1.165, 1.54) is 10.5 Å². The van der Waals surface area contributed by atoms with Crippen molar-refractivity contribution in [3.8, 4) is 0 Å². The van der Waals surface area contributed by atoms with E-state index in [1.807, 2.05) is 18.2 Å². The van der Waals surface area contributed by atoms with E-state index in [-0.39, 0.29) is 18.5 Å². The number of carbonyl (C=O) groups is 2. The van der Waals surface area contributed by atoms with E-state index in [1.54, 1.807) is 0 Å². The molecule has 1 saturated heterocycles. The number of nitrogens with one attached hydrogen (secondary N) is 1. The summed E-state index contributed by atoms with van der Waals surface area (Å²) in [6.45, 7) is 2.73. The lowest BCUT2D eigenvalue weighted by molar-refractivity contribution is -0.125. The number of benzene rings is 1. The van der Waals surface area contributed by atoms with Gasteiger partial charge in [-0.05, 0) is 17.9 Å². The van der Waals surface area contributed by atoms with Gasteiger partial charge in [-0.15, -0.1) is 0 Å². The van der Waals surface area contributed by atoms with Crippen molar-refractivity contribution in [1.82, 2.24) is 10.2 Å². The third-order valence-electron chi connectivity index (χ3n) is 3.09. The highest BCUT2D eigenvalue weighted by molar-refractivity contribution is 6.01. The highest BCUT2D eigenvalue weighted by Gasteiger charge is 2.28. The van der Waals surface area contributed by atoms with Crippen LogP contribution in [0.1, 0.15) is 24.8 Å². The van der Waals surface area contributed by atoms with E-state index in [0.29, 0.717) is 12.5 Å². The van der Waals surface area contributed by atoms with Gasteiger partial charge in [0.05, 0.1) is 6.54 Å². The smallest absolute Gasteiger partial charge is 0.324 e. The third-order valence-corrected chi connectivity index (χ3v) is 3.09. The van der Waals surface area contributed by atoms with Crippen molar-refractivity contribution < 1.29 is 9.59 Å². The molecule has 4 nitrogen and oxygen atoms in total. The lowest BCUT2D eigenvalue weighted by atomic mass is 9.98. The van der Waals surface area contributed by atoms with Crippen molar-refractivity contribution in [1.29, 1.82) is 0 Å². The van der Waals surface area contributed by atoms with Gasteiger partial charge >= 0.3 is 6.03 Å². The number of nitrogens with zero attached hydrogens (tertiary/aromatic N) is 1. The first-order chi connectivity index (χ1) is 8.18. The molecule has 0 bridgehead atoms. The molecule has 0 radical (unpaired) electrons. The zero-order chi connectivity index (χ0) is 12.3. The van der Waals surface area contributed by atoms with Crippen LogP contribution in [0.5, 0.6) is 0 Å². The van der Waals surface area contributed by atoms with Crippen molar-refractivity contribution in [3.63, 3.8) is 0 Å². The number of carbonyl (C=O) groups excluding carboxylic acids is 2. The van der Waals surface area contributed by atoms with E-state index in [4.69, 9.17) is 0 Å². The Labute approximate surface area is 101 Å². The van der Waals surface area contributed by atoms with Gasteiger partial charge in [-0.25, -0.2) is 4.79 Å². The van der Waals surface area contributed by atoms with Crippen LogP contribution in [0.4, 0.5) is 4.79 Å². The average molecular weight is 232 g/mol. The molecule has 1 aromatic carbocycles. The standard InChI is InChI=1S/C13H16N2O2/c1-10(11-5-3-2-4-6-11)7-8-15-12(16)9-14-13(15)17/h2-6,10H,7-9H2,1H3,(H,14,17). The van der Waals surface area contributed by atoms with Crippen LogP contribution < -0.4 is 5.32 Å². The summed E-state index contributed by atoms with van der Waals surface area (Å²) in [6.07, 6.45) is 0.795. The summed E-state index contributed by atoms with van der Waals surface area (Å²) >= 11 is 0. The summed E-state index contributed by atoms with van der Waals surface area (Å²) < 4.78 is 0. The van der Waals surface area contributed by atoms with Crippen molar-refractivity contribution in [2.45, 2.75) is 19.3 Å². The van der Waals surface area contributed by atoms with Gasteiger partial charge in [0.25, 0.3) is 0 Å². The first kappa shape index (κ1) is 11.6. The van der Waals surface area contributed by atoms with Gasteiger partial charge in [0.15, 0.2) is 0 Å². The molecule has 17 heavy (non-hydrogen) atoms. The minimum atomic E-state index is -0.268. The molecule has 1 unspecified atom stereocenters. The fourth-order valence-corrected chi connectivity index (χ4v) is 1.95. The van der Waals surface area contributed by atoms with E-state index in [9.17, 15) is 9.59 Å². The Balaban J connectivity index is 1.90. The van der Waals surface area contributed by atoms with Crippen LogP contribution in [0, 0.1) is 0 Å². The second-order valence-corrected chi connectivity index (χ2v) is 4.30. The Hall–Kier alpha value is -1.84. The van der Waals surface area contributed by atoms with Crippen LogP contribution in [0.3, 0.4) is 0 Å². The minimum absolute atomic E-state index is 0.129. The summed E-state index contributed by atoms with van der Waals surface area (Å²) in [7, 11) is 0. The lowest BCUT2D eigenvalue weighted by Crippen LogP contribution is -2.32. The third kappa shape index (κ3) is 2.64. The molecule has 90 valence electrons. The zero-order valence-corrected chi connectivity index (χ0v) is 9.85. The van der Waals surface area contributed by atoms with E-state index in [0.717, 1.165) is 6.42 Å². The molecule has 1 atom stereocenters. The predicted molar refractivity (Wildman–Crippen MR) is 64.6 cm³/mol. The largest absolute Gasteiger partial charge is 0.329 e. The number of imide groups is 1. The topological polar surface area (TPSA) is 49.4 Å². The van der Waals surface area contributed by atoms with Crippen LogP contribution in [-0.2, 0) is 4.79 Å². The molecule has 3 amide bonds. The maximum atomic E-state index is 11.4. The van der Waals surface area contributed by atoms with Gasteiger partial charge in [0, 0.05) is 6.54 Å². The molecule has 2 rings (SSSR count). The van der Waals surface area contributed by atoms with Crippen molar-refractivity contribution >= 4 is 11.9 Å². The summed E-state index contributed by atoms with van der Waals surface area (Å²) in [5, 5.41) is 2.52. The minimum Gasteiger partial charge on any atom is -0.329 e. The molecule has 1 aromatic rings. The van der Waals surface area contributed by atoms with Gasteiger partial charge in [0.2, 0.25) is 5.91 Å². The fourth-order valence-electron chi connectivity index (χ4n) is 1.95. The molecular formula is C13H16N2O2. The normalized spacial score (nSPS) is 17.1. The molecule has 1 N–H and O–H groups in total. The van der Waals surface area contributed by atoms with Gasteiger partial charge < -0.3 is 5.32 Å². The number of hydrogen-bond acceptors (Lipinski definition) is 2. The molecule has 1 aliphatic rings. The summed E-state index contributed by atoms with van der Waals surface area (Å²) in [5.74, 6) is 0.215. The summed E-state index contributed by atoms with van der Waals surface area (Å²) in [6, 6.07) is 9.84. The molecule has 4 heteroatoms. The molecule has 1 fully saturated rings. The van der Waals surface area contributed by atoms with Crippen LogP contribution in [0.15, 0.2) is 30.3 Å². The zero-order valence-electron chi connectivity index (χ0n) is 9.85. The Bertz CT molecular complexity index is 401. The number of hydrogen-bond donors (Lipinski definition) is 1. The SMILES string of the molecule is CC(CCN1C(=O)CNC1=O)c1ccccc1. The highest BCUT2D eigenvalue weighted by atomic mass is 16.2. The molecule has 1 aliphatic heterocycles. The van der Waals surface area contributed by atoms with Gasteiger partial charge in [-0.1, -0.05) is 37.3 Å². The molecule has 1 heterocycles. The molecule has 0 saturated carbocycles. The van der Waals surface area contributed by atoms with Crippen LogP contribution in [-0.4, -0.2) is 29.9 Å². The maximum absolute atomic E-state index is 11.4. The maximum Gasteiger partial charge on any atom is 0.324 e. The monoisotopic (exact) mass is 232 g/mol. The predicted octanol–water partition coefficient (Wildman–Crippen LogP) is 1.73. The average Bonchev–Trinajstić information content (AvgIpc) is 2.67. The second-order valence-electron chi connectivity index (χ2n) is 4.30. The van der Waals surface area contributed by atoms with Crippen molar-refractivity contribution in [2.75, 3.05) is 13.1 Å². The first-order valence-electron chi connectivity index (χ1n) is 5.81. The van der Waals surface area contributed by atoms with Gasteiger partial charge in [0.1, 0.15) is 0 Å². The Morgan fingerprint density at radius 1 is 1.29 bits per heavy atom. The number of amides is 3. The van der Waals surface area contributed by atoms with E-state index >= 15 is 0 Å². The molecule has 0 aliphatic carbocycles. The van der Waals surface area contributed by atoms with Crippen LogP contribution in [0.25, 0.3) is 0 Å². The Morgan fingerprint density at radius 2 is 2.00 bits per heavy atom. The van der Waals surface area contributed by atoms with Gasteiger partial charge in [-0.3, -0.25) is 9.69 Å². The van der Waals surface area contributed by atoms with Gasteiger partial charge in [-0.2, -0.15) is 0 Å². The Kier molecular flexibility index (Phi) is 3.42. The Morgan fingerprint density at radius 3 is 2.59 bits per heavy atom. The first-order valence-corrected chi connectivity index (χ1v) is 5.81. The van der Waals surface area contributed by atoms with Crippen molar-refractivity contribution in [2.24, 2.45) is 0 Å². The highest BCUT2D eigenvalue weighted by Crippen LogP contribution is 2.19. The fraction of sp³-hybridized carbons (Fsp3) is 0.385. The number of urea groups is 1. The summed E-state index contributed by atoms with van der Waals surface area (Å²) in [5.41, 5.74) is 1.24. The van der Waals surface area contributed by atoms with Crippen LogP contribution >= 0.6 is 0 Å². The lowest BCUT2D eigenvalue weighted by Gasteiger charge is -2.16. The second kappa shape index (κ2) is 4.99. The van der Waals surface area contributed by atoms with E-state index < -0.39 is 0 Å². The number of rotatable bonds is 4. The molecule has 0 spiro atoms. The molecule has 0 aromatic heterocycles. The molecular weight excluding hydrogens is 216 g/mol.